The van der Waals surface area contributed by atoms with Crippen LogP contribution in [0.3, 0.4) is 0 Å². The molecule has 2 rings (SSSR count). The molecule has 19 heavy (non-hydrogen) atoms. The first-order chi connectivity index (χ1) is 9.29. The third-order valence-corrected chi connectivity index (χ3v) is 3.18. The van der Waals surface area contributed by atoms with Gasteiger partial charge in [-0.3, -0.25) is 0 Å². The van der Waals surface area contributed by atoms with E-state index >= 15 is 0 Å². The molecule has 0 aliphatic carbocycles. The van der Waals surface area contributed by atoms with Gasteiger partial charge in [0.2, 0.25) is 0 Å². The van der Waals surface area contributed by atoms with Gasteiger partial charge in [-0.25, -0.2) is 0 Å². The Balaban J connectivity index is 1.92. The van der Waals surface area contributed by atoms with E-state index in [4.69, 9.17) is 22.1 Å². The lowest BCUT2D eigenvalue weighted by molar-refractivity contribution is 0.106. The van der Waals surface area contributed by atoms with E-state index in [2.05, 4.69) is 12.1 Å². The summed E-state index contributed by atoms with van der Waals surface area (Å²) >= 11 is 5.94. The number of hydrogen-bond acceptors (Lipinski definition) is 2. The van der Waals surface area contributed by atoms with Crippen molar-refractivity contribution in [1.29, 1.82) is 0 Å². The average molecular weight is 276 g/mol. The molecule has 0 saturated heterocycles. The summed E-state index contributed by atoms with van der Waals surface area (Å²) < 4.78 is 5.75. The van der Waals surface area contributed by atoms with Crippen molar-refractivity contribution in [3.8, 4) is 0 Å². The van der Waals surface area contributed by atoms with Crippen LogP contribution in [0, 0.1) is 0 Å². The molecule has 0 fully saturated rings. The molecule has 0 bridgehead atoms. The number of halogens is 1. The normalized spacial score (nSPS) is 10.6. The molecular weight excluding hydrogens is 258 g/mol. The fraction of sp³-hybridized carbons (Fsp3) is 0.250. The maximum absolute atomic E-state index is 5.94. The first-order valence-electron chi connectivity index (χ1n) is 6.38. The maximum atomic E-state index is 5.94. The van der Waals surface area contributed by atoms with Crippen LogP contribution in [0.1, 0.15) is 16.7 Å². The van der Waals surface area contributed by atoms with Crippen molar-refractivity contribution < 1.29 is 4.74 Å². The van der Waals surface area contributed by atoms with Crippen molar-refractivity contribution in [3.05, 3.63) is 70.2 Å². The van der Waals surface area contributed by atoms with Gasteiger partial charge in [0.05, 0.1) is 13.2 Å². The van der Waals surface area contributed by atoms with Crippen molar-refractivity contribution >= 4 is 11.6 Å². The van der Waals surface area contributed by atoms with Gasteiger partial charge >= 0.3 is 0 Å². The highest BCUT2D eigenvalue weighted by atomic mass is 35.5. The lowest BCUT2D eigenvalue weighted by Gasteiger charge is -2.09. The molecule has 0 unspecified atom stereocenters. The van der Waals surface area contributed by atoms with Crippen LogP contribution in [0.25, 0.3) is 0 Å². The van der Waals surface area contributed by atoms with E-state index in [1.165, 1.54) is 11.1 Å². The van der Waals surface area contributed by atoms with Crippen LogP contribution in [-0.2, 0) is 24.4 Å². The molecule has 0 aromatic heterocycles. The van der Waals surface area contributed by atoms with Gasteiger partial charge in [0.25, 0.3) is 0 Å². The second kappa shape index (κ2) is 7.29. The Bertz CT molecular complexity index is 528. The lowest BCUT2D eigenvalue weighted by Crippen LogP contribution is -2.06. The number of nitrogens with two attached hydrogens (primary N) is 1. The van der Waals surface area contributed by atoms with Crippen molar-refractivity contribution in [1.82, 2.24) is 0 Å². The molecule has 2 aromatic rings. The second-order valence-electron chi connectivity index (χ2n) is 4.43. The minimum atomic E-state index is 0.567. The predicted octanol–water partition coefficient (Wildman–Crippen LogP) is 3.56. The summed E-state index contributed by atoms with van der Waals surface area (Å²) in [5, 5.41) is 0.740. The molecule has 3 heteroatoms. The summed E-state index contributed by atoms with van der Waals surface area (Å²) in [4.78, 5) is 0. The number of ether oxygens (including phenoxy) is 1. The van der Waals surface area contributed by atoms with Crippen LogP contribution in [0.4, 0.5) is 0 Å². The zero-order valence-electron chi connectivity index (χ0n) is 10.8. The Kier molecular flexibility index (Phi) is 5.40. The fourth-order valence-corrected chi connectivity index (χ4v) is 2.22. The molecule has 0 heterocycles. The molecule has 0 amide bonds. The van der Waals surface area contributed by atoms with E-state index in [-0.39, 0.29) is 0 Å². The van der Waals surface area contributed by atoms with E-state index in [1.807, 2.05) is 36.4 Å². The number of rotatable bonds is 6. The Morgan fingerprint density at radius 1 is 0.947 bits per heavy atom. The third-order valence-electron chi connectivity index (χ3n) is 2.95. The molecule has 0 aliphatic rings. The minimum absolute atomic E-state index is 0.567. The number of hydrogen-bond donors (Lipinski definition) is 1. The molecule has 2 N–H and O–H groups in total. The van der Waals surface area contributed by atoms with E-state index in [0.29, 0.717) is 19.8 Å². The smallest absolute Gasteiger partial charge is 0.0724 e. The Morgan fingerprint density at radius 2 is 1.74 bits per heavy atom. The highest BCUT2D eigenvalue weighted by Gasteiger charge is 2.01. The zero-order valence-corrected chi connectivity index (χ0v) is 11.6. The van der Waals surface area contributed by atoms with Crippen LogP contribution in [-0.4, -0.2) is 6.54 Å². The van der Waals surface area contributed by atoms with Crippen molar-refractivity contribution in [2.24, 2.45) is 5.73 Å². The van der Waals surface area contributed by atoms with Gasteiger partial charge in [-0.1, -0.05) is 48.0 Å². The van der Waals surface area contributed by atoms with Gasteiger partial charge in [-0.05, 0) is 41.8 Å². The molecule has 0 atom stereocenters. The molecule has 0 saturated carbocycles. The maximum Gasteiger partial charge on any atom is 0.0724 e. The van der Waals surface area contributed by atoms with E-state index < -0.39 is 0 Å². The van der Waals surface area contributed by atoms with Crippen LogP contribution in [0.2, 0.25) is 5.02 Å². The van der Waals surface area contributed by atoms with Gasteiger partial charge in [-0.2, -0.15) is 0 Å². The lowest BCUT2D eigenvalue weighted by atomic mass is 10.1. The van der Waals surface area contributed by atoms with Gasteiger partial charge in [0, 0.05) is 5.02 Å². The van der Waals surface area contributed by atoms with Gasteiger partial charge in [0.15, 0.2) is 0 Å². The zero-order chi connectivity index (χ0) is 13.5. The van der Waals surface area contributed by atoms with Crippen LogP contribution >= 0.6 is 11.6 Å². The van der Waals surface area contributed by atoms with Gasteiger partial charge in [0.1, 0.15) is 0 Å². The Hall–Kier alpha value is -1.35. The average Bonchev–Trinajstić information content (AvgIpc) is 2.41. The summed E-state index contributed by atoms with van der Waals surface area (Å²) in [6.07, 6.45) is 0.886. The van der Waals surface area contributed by atoms with Crippen LogP contribution < -0.4 is 5.73 Å². The van der Waals surface area contributed by atoms with Crippen molar-refractivity contribution in [2.45, 2.75) is 19.6 Å². The molecule has 0 radical (unpaired) electrons. The molecule has 0 aliphatic heterocycles. The van der Waals surface area contributed by atoms with Gasteiger partial charge < -0.3 is 10.5 Å². The van der Waals surface area contributed by atoms with Crippen molar-refractivity contribution in [2.75, 3.05) is 6.54 Å². The van der Waals surface area contributed by atoms with Crippen molar-refractivity contribution in [3.63, 3.8) is 0 Å². The molecular formula is C16H18ClNO. The van der Waals surface area contributed by atoms with Gasteiger partial charge in [-0.15, -0.1) is 0 Å². The monoisotopic (exact) mass is 275 g/mol. The highest BCUT2D eigenvalue weighted by Crippen LogP contribution is 2.14. The largest absolute Gasteiger partial charge is 0.372 e. The highest BCUT2D eigenvalue weighted by molar-refractivity contribution is 6.30. The first-order valence-corrected chi connectivity index (χ1v) is 6.76. The minimum Gasteiger partial charge on any atom is -0.372 e. The Labute approximate surface area is 119 Å². The summed E-state index contributed by atoms with van der Waals surface area (Å²) in [6, 6.07) is 16.0. The quantitative estimate of drug-likeness (QED) is 0.875. The second-order valence-corrected chi connectivity index (χ2v) is 4.87. The summed E-state index contributed by atoms with van der Waals surface area (Å²) in [6.45, 7) is 1.82. The third kappa shape index (κ3) is 4.35. The standard InChI is InChI=1S/C16H18ClNO/c17-16-7-3-4-13(10-16)11-19-12-15-6-2-1-5-14(15)8-9-18/h1-7,10H,8-9,11-12,18H2. The van der Waals surface area contributed by atoms with Crippen LogP contribution in [0.5, 0.6) is 0 Å². The topological polar surface area (TPSA) is 35.2 Å². The number of benzene rings is 2. The van der Waals surface area contributed by atoms with E-state index in [1.54, 1.807) is 0 Å². The molecule has 0 spiro atoms. The summed E-state index contributed by atoms with van der Waals surface area (Å²) in [5.41, 5.74) is 9.16. The summed E-state index contributed by atoms with van der Waals surface area (Å²) in [7, 11) is 0. The fourth-order valence-electron chi connectivity index (χ4n) is 2.00. The SMILES string of the molecule is NCCc1ccccc1COCc1cccc(Cl)c1. The molecule has 2 aromatic carbocycles. The first kappa shape index (κ1) is 14.1. The van der Waals surface area contributed by atoms with Crippen LogP contribution in [0.15, 0.2) is 48.5 Å². The molecule has 2 nitrogen and oxygen atoms in total. The molecule has 100 valence electrons. The van der Waals surface area contributed by atoms with E-state index in [9.17, 15) is 0 Å². The summed E-state index contributed by atoms with van der Waals surface area (Å²) in [5.74, 6) is 0. The Morgan fingerprint density at radius 3 is 2.47 bits per heavy atom. The van der Waals surface area contributed by atoms with E-state index in [0.717, 1.165) is 17.0 Å². The predicted molar refractivity (Wildman–Crippen MR) is 79.1 cm³/mol.